The van der Waals surface area contributed by atoms with Crippen LogP contribution in [-0.4, -0.2) is 28.5 Å². The van der Waals surface area contributed by atoms with E-state index in [0.29, 0.717) is 37.5 Å². The van der Waals surface area contributed by atoms with E-state index in [0.717, 1.165) is 4.47 Å². The average molecular weight is 349 g/mol. The number of ether oxygens (including phenoxy) is 1. The summed E-state index contributed by atoms with van der Waals surface area (Å²) in [4.78, 5) is 16.8. The summed E-state index contributed by atoms with van der Waals surface area (Å²) >= 11 is 3.41. The van der Waals surface area contributed by atoms with Gasteiger partial charge in [-0.3, -0.25) is 9.20 Å². The van der Waals surface area contributed by atoms with Crippen LogP contribution >= 0.6 is 15.9 Å². The van der Waals surface area contributed by atoms with Crippen molar-refractivity contribution in [3.63, 3.8) is 0 Å². The van der Waals surface area contributed by atoms with Gasteiger partial charge in [-0.2, -0.15) is 5.26 Å². The number of anilines is 1. The van der Waals surface area contributed by atoms with Gasteiger partial charge >= 0.3 is 0 Å². The van der Waals surface area contributed by atoms with Crippen molar-refractivity contribution in [2.24, 2.45) is 5.41 Å². The highest BCUT2D eigenvalue weighted by Gasteiger charge is 2.40. The Morgan fingerprint density at radius 2 is 2.29 bits per heavy atom. The maximum absolute atomic E-state index is 12.5. The molecule has 0 saturated carbocycles. The summed E-state index contributed by atoms with van der Waals surface area (Å²) in [6.45, 7) is 0.860. The molecular formula is C14H13BrN4O2. The Balaban J connectivity index is 1.90. The zero-order valence-corrected chi connectivity index (χ0v) is 12.8. The minimum absolute atomic E-state index is 0.296. The lowest BCUT2D eigenvalue weighted by molar-refractivity contribution is -0.126. The zero-order chi connectivity index (χ0) is 14.9. The van der Waals surface area contributed by atoms with E-state index in [4.69, 9.17) is 4.74 Å². The molecule has 3 heterocycles. The second kappa shape index (κ2) is 5.47. The first-order valence-corrected chi connectivity index (χ1v) is 7.38. The van der Waals surface area contributed by atoms with Crippen LogP contribution in [0.15, 0.2) is 29.0 Å². The number of imidazole rings is 1. The number of fused-ring (bicyclic) bond motifs is 1. The molecule has 0 aromatic carbocycles. The van der Waals surface area contributed by atoms with Crippen molar-refractivity contribution in [1.82, 2.24) is 9.38 Å². The highest BCUT2D eigenvalue weighted by Crippen LogP contribution is 2.31. The number of pyridine rings is 1. The molecule has 3 rings (SSSR count). The van der Waals surface area contributed by atoms with Crippen LogP contribution in [0, 0.1) is 16.7 Å². The van der Waals surface area contributed by atoms with E-state index < -0.39 is 5.41 Å². The molecule has 0 unspecified atom stereocenters. The van der Waals surface area contributed by atoms with Crippen LogP contribution in [0.3, 0.4) is 0 Å². The Kier molecular flexibility index (Phi) is 3.66. The Labute approximate surface area is 129 Å². The van der Waals surface area contributed by atoms with Crippen molar-refractivity contribution < 1.29 is 9.53 Å². The predicted molar refractivity (Wildman–Crippen MR) is 79.6 cm³/mol. The lowest BCUT2D eigenvalue weighted by Crippen LogP contribution is -2.40. The lowest BCUT2D eigenvalue weighted by Gasteiger charge is -2.28. The van der Waals surface area contributed by atoms with Gasteiger partial charge in [-0.05, 0) is 40.9 Å². The molecule has 108 valence electrons. The first-order valence-electron chi connectivity index (χ1n) is 6.58. The van der Waals surface area contributed by atoms with Crippen LogP contribution < -0.4 is 5.32 Å². The van der Waals surface area contributed by atoms with Gasteiger partial charge in [0.1, 0.15) is 11.2 Å². The summed E-state index contributed by atoms with van der Waals surface area (Å²) in [6.07, 6.45) is 4.22. The summed E-state index contributed by atoms with van der Waals surface area (Å²) in [5, 5.41) is 12.2. The van der Waals surface area contributed by atoms with E-state index in [2.05, 4.69) is 32.3 Å². The molecule has 1 amide bonds. The summed E-state index contributed by atoms with van der Waals surface area (Å²) in [5.41, 5.74) is -0.306. The SMILES string of the molecule is N#CC1(C(=O)Nc2cnc3c(Br)cccn23)CCOCC1. The van der Waals surface area contributed by atoms with Gasteiger partial charge in [0.15, 0.2) is 5.65 Å². The normalized spacial score (nSPS) is 17.3. The van der Waals surface area contributed by atoms with Crippen molar-refractivity contribution in [2.75, 3.05) is 18.5 Å². The number of nitrogens with zero attached hydrogens (tertiary/aromatic N) is 3. The molecule has 1 fully saturated rings. The molecule has 0 aliphatic carbocycles. The van der Waals surface area contributed by atoms with Crippen LogP contribution in [0.4, 0.5) is 5.82 Å². The molecule has 1 saturated heterocycles. The fourth-order valence-corrected chi connectivity index (χ4v) is 2.86. The number of hydrogen-bond donors (Lipinski definition) is 1. The Morgan fingerprint density at radius 1 is 1.52 bits per heavy atom. The van der Waals surface area contributed by atoms with E-state index in [1.165, 1.54) is 0 Å². The van der Waals surface area contributed by atoms with Crippen LogP contribution in [0.2, 0.25) is 0 Å². The van der Waals surface area contributed by atoms with E-state index in [9.17, 15) is 10.1 Å². The Hall–Kier alpha value is -1.91. The summed E-state index contributed by atoms with van der Waals surface area (Å²) in [5.74, 6) is 0.257. The number of nitrogens with one attached hydrogen (secondary N) is 1. The number of halogens is 1. The van der Waals surface area contributed by atoms with Gasteiger partial charge < -0.3 is 10.1 Å². The molecule has 7 heteroatoms. The van der Waals surface area contributed by atoms with Gasteiger partial charge in [-0.1, -0.05) is 0 Å². The van der Waals surface area contributed by atoms with Gasteiger partial charge in [0.2, 0.25) is 5.91 Å². The van der Waals surface area contributed by atoms with E-state index in [1.54, 1.807) is 10.6 Å². The summed E-state index contributed by atoms with van der Waals surface area (Å²) < 4.78 is 7.85. The second-order valence-electron chi connectivity index (χ2n) is 4.95. The van der Waals surface area contributed by atoms with Crippen LogP contribution in [-0.2, 0) is 9.53 Å². The third-order valence-corrected chi connectivity index (χ3v) is 4.34. The van der Waals surface area contributed by atoms with Gasteiger partial charge in [-0.25, -0.2) is 4.98 Å². The molecule has 0 radical (unpaired) electrons. The highest BCUT2D eigenvalue weighted by molar-refractivity contribution is 9.10. The molecule has 1 aliphatic heterocycles. The minimum Gasteiger partial charge on any atom is -0.381 e. The monoisotopic (exact) mass is 348 g/mol. The average Bonchev–Trinajstić information content (AvgIpc) is 2.92. The molecule has 0 spiro atoms. The first-order chi connectivity index (χ1) is 10.2. The lowest BCUT2D eigenvalue weighted by atomic mass is 9.81. The number of carbonyl (C=O) groups is 1. The molecule has 0 atom stereocenters. The number of carbonyl (C=O) groups excluding carboxylic acids is 1. The van der Waals surface area contributed by atoms with E-state index >= 15 is 0 Å². The molecular weight excluding hydrogens is 336 g/mol. The van der Waals surface area contributed by atoms with Gasteiger partial charge in [-0.15, -0.1) is 0 Å². The third-order valence-electron chi connectivity index (χ3n) is 3.72. The van der Waals surface area contributed by atoms with Crippen molar-refractivity contribution in [1.29, 1.82) is 5.26 Å². The minimum atomic E-state index is -1.02. The maximum Gasteiger partial charge on any atom is 0.246 e. The predicted octanol–water partition coefficient (Wildman–Crippen LogP) is 2.36. The fourth-order valence-electron chi connectivity index (χ4n) is 2.41. The molecule has 2 aromatic heterocycles. The van der Waals surface area contributed by atoms with Crippen molar-refractivity contribution in [3.05, 3.63) is 29.0 Å². The molecule has 6 nitrogen and oxygen atoms in total. The van der Waals surface area contributed by atoms with Crippen molar-refractivity contribution in [3.8, 4) is 6.07 Å². The van der Waals surface area contributed by atoms with Gasteiger partial charge in [0.25, 0.3) is 0 Å². The van der Waals surface area contributed by atoms with Gasteiger partial charge in [0, 0.05) is 19.4 Å². The number of amides is 1. The molecule has 0 bridgehead atoms. The first kappa shape index (κ1) is 14.0. The Bertz CT molecular complexity index is 728. The second-order valence-corrected chi connectivity index (χ2v) is 5.81. The van der Waals surface area contributed by atoms with E-state index in [-0.39, 0.29) is 5.91 Å². The summed E-state index contributed by atoms with van der Waals surface area (Å²) in [7, 11) is 0. The molecule has 1 N–H and O–H groups in total. The van der Waals surface area contributed by atoms with Crippen molar-refractivity contribution in [2.45, 2.75) is 12.8 Å². The number of rotatable bonds is 2. The molecule has 2 aromatic rings. The number of aromatic nitrogens is 2. The third kappa shape index (κ3) is 2.41. The van der Waals surface area contributed by atoms with Gasteiger partial charge in [0.05, 0.1) is 16.7 Å². The van der Waals surface area contributed by atoms with Crippen LogP contribution in [0.1, 0.15) is 12.8 Å². The van der Waals surface area contributed by atoms with Crippen LogP contribution in [0.5, 0.6) is 0 Å². The number of hydrogen-bond acceptors (Lipinski definition) is 4. The topological polar surface area (TPSA) is 79.4 Å². The maximum atomic E-state index is 12.5. The van der Waals surface area contributed by atoms with E-state index in [1.807, 2.05) is 18.3 Å². The fraction of sp³-hybridized carbons (Fsp3) is 0.357. The Morgan fingerprint density at radius 3 is 3.00 bits per heavy atom. The van der Waals surface area contributed by atoms with Crippen molar-refractivity contribution >= 4 is 33.3 Å². The molecule has 21 heavy (non-hydrogen) atoms. The standard InChI is InChI=1S/C14H13BrN4O2/c15-10-2-1-5-19-11(8-17-12(10)19)18-13(20)14(9-16)3-6-21-7-4-14/h1-2,5,8H,3-4,6-7H2,(H,18,20). The smallest absolute Gasteiger partial charge is 0.246 e. The zero-order valence-electron chi connectivity index (χ0n) is 11.2. The summed E-state index contributed by atoms with van der Waals surface area (Å²) in [6, 6.07) is 5.89. The highest BCUT2D eigenvalue weighted by atomic mass is 79.9. The quantitative estimate of drug-likeness (QED) is 0.903. The largest absolute Gasteiger partial charge is 0.381 e. The molecule has 1 aliphatic rings. The van der Waals surface area contributed by atoms with Crippen LogP contribution in [0.25, 0.3) is 5.65 Å². The number of nitriles is 1.